The Morgan fingerprint density at radius 1 is 1.47 bits per heavy atom. The minimum atomic E-state index is -0.361. The van der Waals surface area contributed by atoms with E-state index >= 15 is 0 Å². The maximum atomic E-state index is 11.7. The first-order valence-corrected chi connectivity index (χ1v) is 5.83. The van der Waals surface area contributed by atoms with Crippen molar-refractivity contribution in [3.8, 4) is 0 Å². The van der Waals surface area contributed by atoms with E-state index in [2.05, 4.69) is 6.58 Å². The van der Waals surface area contributed by atoms with Crippen LogP contribution in [0.2, 0.25) is 0 Å². The quantitative estimate of drug-likeness (QED) is 0.559. The molecule has 0 aromatic rings. The average molecular weight is 241 g/mol. The second-order valence-electron chi connectivity index (χ2n) is 4.11. The first-order chi connectivity index (χ1) is 8.04. The summed E-state index contributed by atoms with van der Waals surface area (Å²) in [6.07, 6.45) is 1.16. The molecule has 0 saturated carbocycles. The predicted molar refractivity (Wildman–Crippen MR) is 62.2 cm³/mol. The number of rotatable bonds is 3. The number of likely N-dealkylation sites (tertiary alicyclic amines) is 1. The van der Waals surface area contributed by atoms with Gasteiger partial charge < -0.3 is 14.4 Å². The van der Waals surface area contributed by atoms with E-state index in [9.17, 15) is 9.59 Å². The topological polar surface area (TPSA) is 55.8 Å². The third-order valence-electron chi connectivity index (χ3n) is 2.56. The van der Waals surface area contributed by atoms with E-state index in [4.69, 9.17) is 9.47 Å². The van der Waals surface area contributed by atoms with Crippen molar-refractivity contribution in [1.82, 2.24) is 4.90 Å². The number of nitrogens with zero attached hydrogens (tertiary/aromatic N) is 1. The van der Waals surface area contributed by atoms with Crippen molar-refractivity contribution in [3.05, 3.63) is 12.3 Å². The summed E-state index contributed by atoms with van der Waals surface area (Å²) in [5.74, 6) is -0.209. The van der Waals surface area contributed by atoms with Crippen LogP contribution in [0, 0.1) is 5.92 Å². The van der Waals surface area contributed by atoms with E-state index < -0.39 is 0 Å². The van der Waals surface area contributed by atoms with E-state index in [0.717, 1.165) is 12.8 Å². The Labute approximate surface area is 101 Å². The van der Waals surface area contributed by atoms with Crippen LogP contribution in [0.1, 0.15) is 26.7 Å². The van der Waals surface area contributed by atoms with Gasteiger partial charge in [0, 0.05) is 13.1 Å². The van der Waals surface area contributed by atoms with Crippen LogP contribution in [-0.2, 0) is 14.3 Å². The van der Waals surface area contributed by atoms with Gasteiger partial charge in [-0.1, -0.05) is 6.58 Å². The van der Waals surface area contributed by atoms with Crippen LogP contribution < -0.4 is 0 Å². The average Bonchev–Trinajstić information content (AvgIpc) is 2.28. The largest absolute Gasteiger partial charge is 0.450 e. The molecule has 1 heterocycles. The first kappa shape index (κ1) is 13.5. The lowest BCUT2D eigenvalue weighted by Crippen LogP contribution is -2.43. The molecule has 0 aromatic carbocycles. The fourth-order valence-corrected chi connectivity index (χ4v) is 1.81. The van der Waals surface area contributed by atoms with Gasteiger partial charge in [0.25, 0.3) is 0 Å². The highest BCUT2D eigenvalue weighted by Crippen LogP contribution is 2.19. The lowest BCUT2D eigenvalue weighted by Gasteiger charge is -2.30. The Balaban J connectivity index is 2.51. The van der Waals surface area contributed by atoms with E-state index in [-0.39, 0.29) is 18.0 Å². The number of hydrogen-bond acceptors (Lipinski definition) is 4. The lowest BCUT2D eigenvalue weighted by atomic mass is 9.98. The van der Waals surface area contributed by atoms with Crippen molar-refractivity contribution in [2.75, 3.05) is 19.7 Å². The zero-order chi connectivity index (χ0) is 12.8. The lowest BCUT2D eigenvalue weighted by molar-refractivity contribution is -0.145. The van der Waals surface area contributed by atoms with Crippen LogP contribution in [0.15, 0.2) is 12.3 Å². The normalized spacial score (nSPS) is 19.6. The van der Waals surface area contributed by atoms with E-state index in [0.29, 0.717) is 25.5 Å². The van der Waals surface area contributed by atoms with Gasteiger partial charge >= 0.3 is 12.1 Å². The van der Waals surface area contributed by atoms with Crippen LogP contribution in [0.5, 0.6) is 0 Å². The second kappa shape index (κ2) is 6.27. The summed E-state index contributed by atoms with van der Waals surface area (Å²) in [4.78, 5) is 24.7. The molecular weight excluding hydrogens is 222 g/mol. The number of carbonyl (C=O) groups is 2. The molecule has 1 atom stereocenters. The molecule has 0 bridgehead atoms. The molecule has 0 N–H and O–H groups in total. The Kier molecular flexibility index (Phi) is 5.00. The summed E-state index contributed by atoms with van der Waals surface area (Å²) < 4.78 is 9.87. The van der Waals surface area contributed by atoms with Crippen LogP contribution in [0.3, 0.4) is 0 Å². The van der Waals surface area contributed by atoms with Crippen molar-refractivity contribution in [1.29, 1.82) is 0 Å². The fourth-order valence-electron chi connectivity index (χ4n) is 1.81. The van der Waals surface area contributed by atoms with Crippen LogP contribution in [-0.4, -0.2) is 36.7 Å². The Morgan fingerprint density at radius 3 is 2.76 bits per heavy atom. The van der Waals surface area contributed by atoms with Gasteiger partial charge in [-0.25, -0.2) is 4.79 Å². The van der Waals surface area contributed by atoms with Crippen LogP contribution >= 0.6 is 0 Å². The number of allylic oxidation sites excluding steroid dienone is 1. The summed E-state index contributed by atoms with van der Waals surface area (Å²) in [6.45, 7) is 8.26. The maximum absolute atomic E-state index is 11.7. The number of esters is 1. The van der Waals surface area contributed by atoms with Gasteiger partial charge in [-0.2, -0.15) is 0 Å². The van der Waals surface area contributed by atoms with Gasteiger partial charge in [0.1, 0.15) is 0 Å². The van der Waals surface area contributed by atoms with E-state index in [1.807, 2.05) is 0 Å². The van der Waals surface area contributed by atoms with Crippen LogP contribution in [0.4, 0.5) is 4.79 Å². The minimum absolute atomic E-state index is 0.273. The molecular formula is C12H19NO4. The van der Waals surface area contributed by atoms with Crippen molar-refractivity contribution >= 4 is 12.1 Å². The third-order valence-corrected chi connectivity index (χ3v) is 2.56. The molecule has 1 aliphatic rings. The summed E-state index contributed by atoms with van der Waals surface area (Å²) in [5, 5.41) is 0. The Morgan fingerprint density at radius 2 is 2.18 bits per heavy atom. The minimum Gasteiger partial charge on any atom is -0.450 e. The second-order valence-corrected chi connectivity index (χ2v) is 4.11. The molecule has 17 heavy (non-hydrogen) atoms. The van der Waals surface area contributed by atoms with Crippen molar-refractivity contribution in [3.63, 3.8) is 0 Å². The molecule has 1 amide bonds. The van der Waals surface area contributed by atoms with Crippen molar-refractivity contribution in [2.24, 2.45) is 5.92 Å². The van der Waals surface area contributed by atoms with Crippen molar-refractivity contribution in [2.45, 2.75) is 26.7 Å². The van der Waals surface area contributed by atoms with Gasteiger partial charge in [-0.05, 0) is 26.7 Å². The summed E-state index contributed by atoms with van der Waals surface area (Å²) in [6, 6.07) is 0. The molecule has 0 spiro atoms. The molecule has 1 unspecified atom stereocenters. The molecule has 0 aliphatic carbocycles. The summed E-state index contributed by atoms with van der Waals surface area (Å²) >= 11 is 0. The number of carbonyl (C=O) groups excluding carboxylic acids is 2. The number of ether oxygens (including phenoxy) is 2. The molecule has 0 radical (unpaired) electrons. The molecule has 1 rings (SSSR count). The monoisotopic (exact) mass is 241 g/mol. The van der Waals surface area contributed by atoms with Gasteiger partial charge in [0.05, 0.1) is 18.3 Å². The molecule has 96 valence electrons. The van der Waals surface area contributed by atoms with Gasteiger partial charge in [0.2, 0.25) is 0 Å². The highest BCUT2D eigenvalue weighted by molar-refractivity contribution is 5.75. The Hall–Kier alpha value is -1.52. The first-order valence-electron chi connectivity index (χ1n) is 5.83. The molecule has 5 nitrogen and oxygen atoms in total. The third kappa shape index (κ3) is 4.09. The SMILES string of the molecule is C=C(C)OC(=O)C1CCCN(C(=O)OCC)C1. The highest BCUT2D eigenvalue weighted by Gasteiger charge is 2.30. The molecule has 1 aliphatic heterocycles. The number of piperidine rings is 1. The van der Waals surface area contributed by atoms with E-state index in [1.54, 1.807) is 18.7 Å². The standard InChI is InChI=1S/C12H19NO4/c1-4-16-12(15)13-7-5-6-10(8-13)11(14)17-9(2)3/h10H,2,4-8H2,1,3H3. The van der Waals surface area contributed by atoms with Gasteiger partial charge in [-0.3, -0.25) is 4.79 Å². The molecule has 1 saturated heterocycles. The molecule has 0 aromatic heterocycles. The summed E-state index contributed by atoms with van der Waals surface area (Å²) in [7, 11) is 0. The van der Waals surface area contributed by atoms with Gasteiger partial charge in [0.15, 0.2) is 0 Å². The van der Waals surface area contributed by atoms with Gasteiger partial charge in [-0.15, -0.1) is 0 Å². The summed E-state index contributed by atoms with van der Waals surface area (Å²) in [5.41, 5.74) is 0. The highest BCUT2D eigenvalue weighted by atomic mass is 16.6. The fraction of sp³-hybridized carbons (Fsp3) is 0.667. The Bertz CT molecular complexity index is 314. The molecule has 5 heteroatoms. The maximum Gasteiger partial charge on any atom is 0.409 e. The molecule has 1 fully saturated rings. The smallest absolute Gasteiger partial charge is 0.409 e. The van der Waals surface area contributed by atoms with E-state index in [1.165, 1.54) is 0 Å². The van der Waals surface area contributed by atoms with Crippen LogP contribution in [0.25, 0.3) is 0 Å². The predicted octanol–water partition coefficient (Wildman–Crippen LogP) is 1.93. The number of amides is 1. The van der Waals surface area contributed by atoms with Crippen molar-refractivity contribution < 1.29 is 19.1 Å². The zero-order valence-corrected chi connectivity index (χ0v) is 10.4. The number of hydrogen-bond donors (Lipinski definition) is 0. The zero-order valence-electron chi connectivity index (χ0n) is 10.4.